The number of halogens is 2. The molecule has 0 fully saturated rings. The molecule has 1 rings (SSSR count). The molecule has 5 heteroatoms. The van der Waals surface area contributed by atoms with Crippen LogP contribution < -0.4 is 11.1 Å². The highest BCUT2D eigenvalue weighted by molar-refractivity contribution is 6.32. The molecule has 2 amide bonds. The molecule has 0 radical (unpaired) electrons. The van der Waals surface area contributed by atoms with Crippen molar-refractivity contribution in [3.8, 4) is 0 Å². The van der Waals surface area contributed by atoms with Crippen LogP contribution >= 0.6 is 23.2 Å². The van der Waals surface area contributed by atoms with E-state index >= 15 is 0 Å². The summed E-state index contributed by atoms with van der Waals surface area (Å²) in [6, 6.07) is -0.666. The highest BCUT2D eigenvalue weighted by Crippen LogP contribution is 2.28. The standard InChI is InChI=1S/C7H8Cl2N2O/c8-5-2-1-3-7(9,4-5)11-6(10)12/h1-3H,4H2,(H3,10,11,12). The van der Waals surface area contributed by atoms with E-state index in [1.807, 2.05) is 0 Å². The predicted molar refractivity (Wildman–Crippen MR) is 49.0 cm³/mol. The fraction of sp³-hybridized carbons (Fsp3) is 0.286. The summed E-state index contributed by atoms with van der Waals surface area (Å²) in [7, 11) is 0. The Labute approximate surface area is 80.2 Å². The lowest BCUT2D eigenvalue weighted by Crippen LogP contribution is -2.45. The van der Waals surface area contributed by atoms with Crippen LogP contribution in [-0.4, -0.2) is 11.0 Å². The molecular weight excluding hydrogens is 199 g/mol. The minimum absolute atomic E-state index is 0.357. The molecule has 66 valence electrons. The van der Waals surface area contributed by atoms with E-state index in [0.29, 0.717) is 11.5 Å². The molecule has 3 N–H and O–H groups in total. The van der Waals surface area contributed by atoms with E-state index in [1.165, 1.54) is 0 Å². The number of allylic oxidation sites excluding steroid dienone is 2. The summed E-state index contributed by atoms with van der Waals surface area (Å²) in [6.07, 6.45) is 5.38. The van der Waals surface area contributed by atoms with Gasteiger partial charge < -0.3 is 11.1 Å². The number of rotatable bonds is 1. The molecule has 1 aliphatic rings. The van der Waals surface area contributed by atoms with Gasteiger partial charge >= 0.3 is 6.03 Å². The van der Waals surface area contributed by atoms with E-state index < -0.39 is 11.0 Å². The average molecular weight is 207 g/mol. The molecule has 0 saturated heterocycles. The number of carbonyl (C=O) groups excluding carboxylic acids is 1. The zero-order valence-corrected chi connectivity index (χ0v) is 7.69. The van der Waals surface area contributed by atoms with Gasteiger partial charge in [-0.25, -0.2) is 4.79 Å². The second-order valence-electron chi connectivity index (χ2n) is 2.50. The van der Waals surface area contributed by atoms with Crippen LogP contribution in [0.1, 0.15) is 6.42 Å². The molecule has 0 aromatic carbocycles. The lowest BCUT2D eigenvalue weighted by atomic mass is 10.1. The first kappa shape index (κ1) is 9.42. The van der Waals surface area contributed by atoms with Crippen LogP contribution in [0.5, 0.6) is 0 Å². The lowest BCUT2D eigenvalue weighted by Gasteiger charge is -2.25. The maximum atomic E-state index is 10.5. The van der Waals surface area contributed by atoms with Gasteiger partial charge in [0.15, 0.2) is 0 Å². The number of hydrogen-bond acceptors (Lipinski definition) is 1. The minimum atomic E-state index is -0.961. The Hall–Kier alpha value is -0.670. The van der Waals surface area contributed by atoms with E-state index in [2.05, 4.69) is 5.32 Å². The molecule has 0 aromatic rings. The van der Waals surface area contributed by atoms with Crippen LogP contribution in [0.4, 0.5) is 4.79 Å². The smallest absolute Gasteiger partial charge is 0.313 e. The molecule has 0 saturated carbocycles. The Morgan fingerprint density at radius 2 is 2.42 bits per heavy atom. The second-order valence-corrected chi connectivity index (χ2v) is 3.66. The third-order valence-electron chi connectivity index (χ3n) is 1.39. The summed E-state index contributed by atoms with van der Waals surface area (Å²) in [4.78, 5) is 9.55. The molecular formula is C7H8Cl2N2O. The highest BCUT2D eigenvalue weighted by Gasteiger charge is 2.27. The van der Waals surface area contributed by atoms with Crippen molar-refractivity contribution in [2.45, 2.75) is 11.4 Å². The monoisotopic (exact) mass is 206 g/mol. The third kappa shape index (κ3) is 2.43. The van der Waals surface area contributed by atoms with Gasteiger partial charge in [-0.15, -0.1) is 0 Å². The number of nitrogens with one attached hydrogen (secondary N) is 1. The van der Waals surface area contributed by atoms with Gasteiger partial charge in [0.05, 0.1) is 0 Å². The van der Waals surface area contributed by atoms with Crippen molar-refractivity contribution >= 4 is 29.2 Å². The van der Waals surface area contributed by atoms with Crippen molar-refractivity contribution in [2.75, 3.05) is 0 Å². The molecule has 0 spiro atoms. The van der Waals surface area contributed by atoms with Crippen LogP contribution in [-0.2, 0) is 0 Å². The fourth-order valence-corrected chi connectivity index (χ4v) is 1.62. The van der Waals surface area contributed by atoms with Crippen molar-refractivity contribution in [3.63, 3.8) is 0 Å². The summed E-state index contributed by atoms with van der Waals surface area (Å²) < 4.78 is 0. The zero-order valence-electron chi connectivity index (χ0n) is 6.18. The van der Waals surface area contributed by atoms with Crippen molar-refractivity contribution in [1.82, 2.24) is 5.32 Å². The van der Waals surface area contributed by atoms with Gasteiger partial charge in [-0.1, -0.05) is 29.3 Å². The average Bonchev–Trinajstić information content (AvgIpc) is 1.82. The second kappa shape index (κ2) is 3.37. The number of alkyl halides is 1. The Kier molecular flexibility index (Phi) is 2.65. The van der Waals surface area contributed by atoms with Crippen molar-refractivity contribution in [3.05, 3.63) is 23.3 Å². The number of nitrogens with two attached hydrogens (primary N) is 1. The van der Waals surface area contributed by atoms with Gasteiger partial charge in [-0.05, 0) is 12.2 Å². The molecule has 0 bridgehead atoms. The maximum absolute atomic E-state index is 10.5. The minimum Gasteiger partial charge on any atom is -0.352 e. The van der Waals surface area contributed by atoms with E-state index in [9.17, 15) is 4.79 Å². The zero-order chi connectivity index (χ0) is 9.19. The van der Waals surface area contributed by atoms with Gasteiger partial charge in [-0.2, -0.15) is 0 Å². The van der Waals surface area contributed by atoms with Crippen LogP contribution in [0.25, 0.3) is 0 Å². The molecule has 1 unspecified atom stereocenters. The first-order valence-corrected chi connectivity index (χ1v) is 4.08. The first-order valence-electron chi connectivity index (χ1n) is 3.32. The Morgan fingerprint density at radius 1 is 1.75 bits per heavy atom. The first-order chi connectivity index (χ1) is 5.52. The van der Waals surface area contributed by atoms with E-state index in [1.54, 1.807) is 18.2 Å². The molecule has 1 aliphatic carbocycles. The maximum Gasteiger partial charge on any atom is 0.313 e. The molecule has 1 atom stereocenters. The molecule has 3 nitrogen and oxygen atoms in total. The fourth-order valence-electron chi connectivity index (χ4n) is 0.959. The van der Waals surface area contributed by atoms with E-state index in [0.717, 1.165) is 0 Å². The number of hydrogen-bond donors (Lipinski definition) is 2. The Morgan fingerprint density at radius 3 is 2.92 bits per heavy atom. The molecule has 0 aliphatic heterocycles. The summed E-state index contributed by atoms with van der Waals surface area (Å²) in [5.41, 5.74) is 4.92. The van der Waals surface area contributed by atoms with Crippen molar-refractivity contribution in [2.24, 2.45) is 5.73 Å². The third-order valence-corrected chi connectivity index (χ3v) is 2.01. The van der Waals surface area contributed by atoms with Gasteiger partial charge in [0.1, 0.15) is 5.00 Å². The Bertz CT molecular complexity index is 258. The number of amides is 2. The number of urea groups is 1. The summed E-state index contributed by atoms with van der Waals surface area (Å²) >= 11 is 11.7. The van der Waals surface area contributed by atoms with E-state index in [-0.39, 0.29) is 0 Å². The van der Waals surface area contributed by atoms with E-state index in [4.69, 9.17) is 28.9 Å². The van der Waals surface area contributed by atoms with Gasteiger partial charge in [0.25, 0.3) is 0 Å². The van der Waals surface area contributed by atoms with Crippen molar-refractivity contribution in [1.29, 1.82) is 0 Å². The van der Waals surface area contributed by atoms with Crippen LogP contribution in [0.3, 0.4) is 0 Å². The highest BCUT2D eigenvalue weighted by atomic mass is 35.5. The Balaban J connectivity index is 2.69. The summed E-state index contributed by atoms with van der Waals surface area (Å²) in [5.74, 6) is 0. The van der Waals surface area contributed by atoms with Gasteiger partial charge in [0, 0.05) is 11.5 Å². The molecule has 12 heavy (non-hydrogen) atoms. The van der Waals surface area contributed by atoms with Crippen LogP contribution in [0.15, 0.2) is 23.3 Å². The quantitative estimate of drug-likeness (QED) is 0.498. The predicted octanol–water partition coefficient (Wildman–Crippen LogP) is 1.67. The lowest BCUT2D eigenvalue weighted by molar-refractivity contribution is 0.245. The van der Waals surface area contributed by atoms with Crippen LogP contribution in [0.2, 0.25) is 0 Å². The van der Waals surface area contributed by atoms with Gasteiger partial charge in [0.2, 0.25) is 0 Å². The summed E-state index contributed by atoms with van der Waals surface area (Å²) in [5, 5.41) is 2.97. The van der Waals surface area contributed by atoms with Crippen molar-refractivity contribution < 1.29 is 4.79 Å². The SMILES string of the molecule is NC(=O)NC1(Cl)C=CC=C(Cl)C1. The van der Waals surface area contributed by atoms with Crippen LogP contribution in [0, 0.1) is 0 Å². The molecule has 0 heterocycles. The number of carbonyl (C=O) groups is 1. The van der Waals surface area contributed by atoms with Gasteiger partial charge in [-0.3, -0.25) is 0 Å². The normalized spacial score (nSPS) is 28.0. The number of primary amides is 1. The largest absolute Gasteiger partial charge is 0.352 e. The topological polar surface area (TPSA) is 55.1 Å². The summed E-state index contributed by atoms with van der Waals surface area (Å²) in [6.45, 7) is 0. The molecule has 0 aromatic heterocycles.